The number of ketones is 1. The van der Waals surface area contributed by atoms with Crippen LogP contribution in [-0.2, 0) is 11.3 Å². The number of Topliss-reactive ketones (excluding diaryl/α,β-unsaturated/α-hetero) is 1. The number of aromatic nitrogens is 3. The van der Waals surface area contributed by atoms with Crippen molar-refractivity contribution in [2.24, 2.45) is 0 Å². The molecule has 2 N–H and O–H groups in total. The summed E-state index contributed by atoms with van der Waals surface area (Å²) >= 11 is 0. The van der Waals surface area contributed by atoms with Gasteiger partial charge in [0.05, 0.1) is 17.6 Å². The van der Waals surface area contributed by atoms with E-state index in [0.29, 0.717) is 42.2 Å². The second-order valence-corrected chi connectivity index (χ2v) is 8.37. The third-order valence-corrected chi connectivity index (χ3v) is 6.14. The van der Waals surface area contributed by atoms with Crippen LogP contribution in [0.1, 0.15) is 26.6 Å². The van der Waals surface area contributed by atoms with Crippen molar-refractivity contribution < 1.29 is 23.3 Å². The average Bonchev–Trinajstić information content (AvgIpc) is 3.57. The molecule has 0 atom stereocenters. The Kier molecular flexibility index (Phi) is 6.30. The van der Waals surface area contributed by atoms with Crippen LogP contribution >= 0.6 is 0 Å². The number of aromatic amines is 1. The molecule has 11 heteroatoms. The second-order valence-electron chi connectivity index (χ2n) is 8.37. The molecule has 4 aromatic rings. The molecule has 3 heterocycles. The molecule has 36 heavy (non-hydrogen) atoms. The maximum atomic E-state index is 14.9. The van der Waals surface area contributed by atoms with Crippen LogP contribution in [-0.4, -0.2) is 75.7 Å². The minimum absolute atomic E-state index is 0.0105. The van der Waals surface area contributed by atoms with Crippen LogP contribution in [0.5, 0.6) is 0 Å². The van der Waals surface area contributed by atoms with Crippen LogP contribution in [0.15, 0.2) is 53.2 Å². The van der Waals surface area contributed by atoms with Crippen LogP contribution in [0.4, 0.5) is 4.39 Å². The molecule has 0 saturated carbocycles. The fourth-order valence-corrected chi connectivity index (χ4v) is 4.29. The maximum Gasteiger partial charge on any atom is 0.295 e. The minimum atomic E-state index is -0.830. The molecule has 0 unspecified atom stereocenters. The van der Waals surface area contributed by atoms with E-state index < -0.39 is 17.5 Å². The van der Waals surface area contributed by atoms with Gasteiger partial charge in [0, 0.05) is 48.9 Å². The zero-order valence-electron chi connectivity index (χ0n) is 19.5. The van der Waals surface area contributed by atoms with Gasteiger partial charge in [-0.15, -0.1) is 0 Å². The Morgan fingerprint density at radius 3 is 2.50 bits per heavy atom. The number of nitrogens with zero attached hydrogens (tertiary/aromatic N) is 4. The van der Waals surface area contributed by atoms with Crippen LogP contribution < -0.4 is 5.32 Å². The van der Waals surface area contributed by atoms with Gasteiger partial charge in [0.25, 0.3) is 17.6 Å². The van der Waals surface area contributed by atoms with Gasteiger partial charge in [-0.3, -0.25) is 14.4 Å². The molecule has 0 spiro atoms. The van der Waals surface area contributed by atoms with E-state index in [-0.39, 0.29) is 35.8 Å². The van der Waals surface area contributed by atoms with Crippen molar-refractivity contribution in [3.05, 3.63) is 71.5 Å². The van der Waals surface area contributed by atoms with E-state index in [1.165, 1.54) is 23.2 Å². The number of amides is 2. The summed E-state index contributed by atoms with van der Waals surface area (Å²) in [7, 11) is 1.74. The van der Waals surface area contributed by atoms with Gasteiger partial charge in [-0.2, -0.15) is 4.98 Å². The van der Waals surface area contributed by atoms with Crippen LogP contribution in [0, 0.1) is 5.82 Å². The molecule has 0 radical (unpaired) electrons. The molecule has 1 aliphatic heterocycles. The number of rotatable bonds is 6. The van der Waals surface area contributed by atoms with E-state index in [2.05, 4.69) is 20.4 Å². The number of H-pyrrole nitrogens is 1. The third kappa shape index (κ3) is 4.24. The summed E-state index contributed by atoms with van der Waals surface area (Å²) < 4.78 is 20.0. The Balaban J connectivity index is 1.34. The molecule has 2 aromatic heterocycles. The number of nitrogens with one attached hydrogen (secondary N) is 2. The molecule has 2 aromatic carbocycles. The molecular formula is C25H23FN6O4. The number of benzene rings is 2. The fraction of sp³-hybridized carbons (Fsp3) is 0.240. The highest BCUT2D eigenvalue weighted by Crippen LogP contribution is 2.31. The highest BCUT2D eigenvalue weighted by Gasteiger charge is 2.31. The molecule has 184 valence electrons. The van der Waals surface area contributed by atoms with E-state index in [1.54, 1.807) is 36.2 Å². The van der Waals surface area contributed by atoms with E-state index in [9.17, 15) is 18.8 Å². The second kappa shape index (κ2) is 9.70. The lowest BCUT2D eigenvalue weighted by Gasteiger charge is -2.34. The number of halogens is 1. The summed E-state index contributed by atoms with van der Waals surface area (Å²) in [4.78, 5) is 49.0. The Morgan fingerprint density at radius 1 is 1.06 bits per heavy atom. The monoisotopic (exact) mass is 490 g/mol. The lowest BCUT2D eigenvalue weighted by Crippen LogP contribution is -2.52. The van der Waals surface area contributed by atoms with Crippen LogP contribution in [0.3, 0.4) is 0 Å². The largest absolute Gasteiger partial charge is 0.360 e. The minimum Gasteiger partial charge on any atom is -0.360 e. The zero-order valence-corrected chi connectivity index (χ0v) is 19.5. The Morgan fingerprint density at radius 2 is 1.78 bits per heavy atom. The number of carbonyl (C=O) groups excluding carboxylic acids is 3. The van der Waals surface area contributed by atoms with Gasteiger partial charge >= 0.3 is 0 Å². The Labute approximate surface area is 205 Å². The first-order chi connectivity index (χ1) is 17.5. The third-order valence-electron chi connectivity index (χ3n) is 6.14. The van der Waals surface area contributed by atoms with Crippen LogP contribution in [0.2, 0.25) is 0 Å². The van der Waals surface area contributed by atoms with Gasteiger partial charge in [-0.25, -0.2) is 4.39 Å². The van der Waals surface area contributed by atoms with Crippen molar-refractivity contribution in [3.63, 3.8) is 0 Å². The SMILES string of the molecule is CNCc1nc(-c2ccc(F)c3c(C(=O)C(=O)N4CCN(C(=O)c5ccccc5)CC4)c[nH]c23)no1. The van der Waals surface area contributed by atoms with Crippen molar-refractivity contribution in [1.29, 1.82) is 0 Å². The van der Waals surface area contributed by atoms with E-state index in [0.717, 1.165) is 0 Å². The average molecular weight is 490 g/mol. The highest BCUT2D eigenvalue weighted by atomic mass is 19.1. The number of fused-ring (bicyclic) bond motifs is 1. The predicted octanol–water partition coefficient (Wildman–Crippen LogP) is 2.24. The molecule has 5 rings (SSSR count). The van der Waals surface area contributed by atoms with Gasteiger partial charge in [0.15, 0.2) is 0 Å². The standard InChI is InChI=1S/C25H23FN6O4/c1-27-14-19-29-23(30-36-19)16-7-8-18(26)20-17(13-28-21(16)20)22(33)25(35)32-11-9-31(10-12-32)24(34)15-5-3-2-4-6-15/h2-8,13,27-28H,9-12,14H2,1H3. The van der Waals surface area contributed by atoms with Gasteiger partial charge in [-0.1, -0.05) is 23.4 Å². The van der Waals surface area contributed by atoms with Crippen molar-refractivity contribution >= 4 is 28.5 Å². The van der Waals surface area contributed by atoms with E-state index in [4.69, 9.17) is 4.52 Å². The molecule has 2 amide bonds. The summed E-state index contributed by atoms with van der Waals surface area (Å²) in [6, 6.07) is 11.6. The first-order valence-electron chi connectivity index (χ1n) is 11.4. The van der Waals surface area contributed by atoms with Gasteiger partial charge < -0.3 is 24.6 Å². The van der Waals surface area contributed by atoms with Gasteiger partial charge in [-0.05, 0) is 31.3 Å². The smallest absolute Gasteiger partial charge is 0.295 e. The molecule has 1 aliphatic rings. The first kappa shape index (κ1) is 23.4. The Hall–Kier alpha value is -4.38. The summed E-state index contributed by atoms with van der Waals surface area (Å²) in [5, 5.41) is 6.82. The van der Waals surface area contributed by atoms with E-state index >= 15 is 0 Å². The lowest BCUT2D eigenvalue weighted by atomic mass is 10.0. The predicted molar refractivity (Wildman–Crippen MR) is 128 cm³/mol. The zero-order chi connectivity index (χ0) is 25.2. The summed E-state index contributed by atoms with van der Waals surface area (Å²) in [6.45, 7) is 1.37. The van der Waals surface area contributed by atoms with Crippen LogP contribution in [0.25, 0.3) is 22.3 Å². The molecule has 0 bridgehead atoms. The summed E-state index contributed by atoms with van der Waals surface area (Å²) in [5.41, 5.74) is 1.23. The van der Waals surface area contributed by atoms with Crippen molar-refractivity contribution in [2.75, 3.05) is 33.2 Å². The van der Waals surface area contributed by atoms with Crippen molar-refractivity contribution in [2.45, 2.75) is 6.54 Å². The number of hydrogen-bond acceptors (Lipinski definition) is 7. The van der Waals surface area contributed by atoms with E-state index in [1.807, 2.05) is 6.07 Å². The maximum absolute atomic E-state index is 14.9. The van der Waals surface area contributed by atoms with Crippen molar-refractivity contribution in [1.82, 2.24) is 30.2 Å². The topological polar surface area (TPSA) is 124 Å². The highest BCUT2D eigenvalue weighted by molar-refractivity contribution is 6.45. The number of hydrogen-bond donors (Lipinski definition) is 2. The fourth-order valence-electron chi connectivity index (χ4n) is 4.29. The summed E-state index contributed by atoms with van der Waals surface area (Å²) in [5.74, 6) is -1.76. The molecule has 1 fully saturated rings. The van der Waals surface area contributed by atoms with Crippen molar-refractivity contribution in [3.8, 4) is 11.4 Å². The molecule has 0 aliphatic carbocycles. The summed E-state index contributed by atoms with van der Waals surface area (Å²) in [6.07, 6.45) is 1.32. The molecule has 1 saturated heterocycles. The normalized spacial score (nSPS) is 13.8. The van der Waals surface area contributed by atoms with Gasteiger partial charge in [0.2, 0.25) is 11.7 Å². The lowest BCUT2D eigenvalue weighted by molar-refractivity contribution is -0.127. The first-order valence-corrected chi connectivity index (χ1v) is 11.4. The number of piperazine rings is 1. The number of carbonyl (C=O) groups is 3. The molecule has 10 nitrogen and oxygen atoms in total. The quantitative estimate of drug-likeness (QED) is 0.314. The molecular weight excluding hydrogens is 467 g/mol. The Bertz CT molecular complexity index is 1440. The van der Waals surface area contributed by atoms with Gasteiger partial charge in [0.1, 0.15) is 5.82 Å².